The molecule has 1 rings (SSSR count). The summed E-state index contributed by atoms with van der Waals surface area (Å²) in [5, 5.41) is 3.32. The van der Waals surface area contributed by atoms with Crippen molar-refractivity contribution in [2.75, 3.05) is 0 Å². The average Bonchev–Trinajstić information content (AvgIpc) is 2.15. The minimum absolute atomic E-state index is 0.0534. The molecule has 0 saturated heterocycles. The van der Waals surface area contributed by atoms with Crippen LogP contribution in [0.1, 0.15) is 33.3 Å². The van der Waals surface area contributed by atoms with Crippen molar-refractivity contribution < 1.29 is 9.53 Å². The maximum absolute atomic E-state index is 11.6. The monoisotopic (exact) mass is 255 g/mol. The van der Waals surface area contributed by atoms with Crippen LogP contribution in [0.3, 0.4) is 0 Å². The number of halogens is 1. The molecule has 0 unspecified atom stereocenters. The Bertz CT molecular complexity index is 402. The van der Waals surface area contributed by atoms with E-state index < -0.39 is 11.7 Å². The number of ether oxygens (including phenoxy) is 1. The molecular weight excluding hydrogens is 238 g/mol. The zero-order chi connectivity index (χ0) is 13.1. The zero-order valence-electron chi connectivity index (χ0n) is 10.6. The molecule has 0 atom stereocenters. The van der Waals surface area contributed by atoms with Gasteiger partial charge in [0, 0.05) is 11.1 Å². The Morgan fingerprint density at radius 3 is 2.59 bits per heavy atom. The molecule has 17 heavy (non-hydrogen) atoms. The van der Waals surface area contributed by atoms with Crippen LogP contribution in [0.25, 0.3) is 0 Å². The van der Waals surface area contributed by atoms with Crippen LogP contribution in [0, 0.1) is 0 Å². The van der Waals surface area contributed by atoms with Gasteiger partial charge in [-0.25, -0.2) is 4.79 Å². The first-order chi connectivity index (χ1) is 7.81. The van der Waals surface area contributed by atoms with Crippen LogP contribution in [0.15, 0.2) is 24.3 Å². The van der Waals surface area contributed by atoms with E-state index in [-0.39, 0.29) is 6.04 Å². The molecule has 1 amide bonds. The van der Waals surface area contributed by atoms with Crippen molar-refractivity contribution in [3.8, 4) is 0 Å². The summed E-state index contributed by atoms with van der Waals surface area (Å²) in [5.74, 6) is 0. The Balaban J connectivity index is 2.78. The number of amides is 1. The predicted octanol–water partition coefficient (Wildman–Crippen LogP) is 3.71. The highest BCUT2D eigenvalue weighted by Gasteiger charge is 2.25. The van der Waals surface area contributed by atoms with Gasteiger partial charge in [0.1, 0.15) is 5.60 Å². The van der Waals surface area contributed by atoms with E-state index in [1.54, 1.807) is 12.1 Å². The van der Waals surface area contributed by atoms with E-state index in [1.165, 1.54) is 0 Å². The van der Waals surface area contributed by atoms with E-state index in [1.807, 2.05) is 39.8 Å². The smallest absolute Gasteiger partial charge is 0.408 e. The largest absolute Gasteiger partial charge is 0.439 e. The van der Waals surface area contributed by atoms with Crippen LogP contribution >= 0.6 is 11.6 Å². The summed E-state index contributed by atoms with van der Waals surface area (Å²) in [6.45, 7) is 7.43. The molecule has 0 fully saturated rings. The molecule has 3 nitrogen and oxygen atoms in total. The molecule has 0 aliphatic carbocycles. The van der Waals surface area contributed by atoms with E-state index in [9.17, 15) is 4.79 Å². The number of benzene rings is 1. The Morgan fingerprint density at radius 1 is 1.41 bits per heavy atom. The standard InChI is InChI=1S/C13H18ClNO2/c1-9(2)15-12(16)17-13(3,4)10-6-5-7-11(14)8-10/h5-9H,1-4H3,(H,15,16). The highest BCUT2D eigenvalue weighted by molar-refractivity contribution is 6.30. The van der Waals surface area contributed by atoms with Gasteiger partial charge < -0.3 is 10.1 Å². The van der Waals surface area contributed by atoms with E-state index in [0.29, 0.717) is 5.02 Å². The molecule has 0 bridgehead atoms. The summed E-state index contributed by atoms with van der Waals surface area (Å²) >= 11 is 5.92. The van der Waals surface area contributed by atoms with Gasteiger partial charge in [0.15, 0.2) is 0 Å². The van der Waals surface area contributed by atoms with Crippen molar-refractivity contribution in [1.82, 2.24) is 5.32 Å². The fourth-order valence-corrected chi connectivity index (χ4v) is 1.61. The minimum atomic E-state index is -0.704. The molecule has 0 saturated carbocycles. The highest BCUT2D eigenvalue weighted by atomic mass is 35.5. The van der Waals surface area contributed by atoms with Gasteiger partial charge in [0.05, 0.1) is 0 Å². The third-order valence-electron chi connectivity index (χ3n) is 2.27. The van der Waals surface area contributed by atoms with Crippen molar-refractivity contribution >= 4 is 17.7 Å². The van der Waals surface area contributed by atoms with Gasteiger partial charge >= 0.3 is 6.09 Å². The summed E-state index contributed by atoms with van der Waals surface area (Å²) in [5.41, 5.74) is 0.160. The maximum Gasteiger partial charge on any atom is 0.408 e. The predicted molar refractivity (Wildman–Crippen MR) is 69.2 cm³/mol. The second-order valence-electron chi connectivity index (χ2n) is 4.71. The number of alkyl carbamates (subject to hydrolysis) is 1. The number of nitrogens with one attached hydrogen (secondary N) is 1. The second kappa shape index (κ2) is 5.41. The van der Waals surface area contributed by atoms with Gasteiger partial charge in [-0.2, -0.15) is 0 Å². The van der Waals surface area contributed by atoms with Crippen LogP contribution in [-0.2, 0) is 10.3 Å². The molecule has 0 aliphatic rings. The maximum atomic E-state index is 11.6. The van der Waals surface area contributed by atoms with Crippen LogP contribution < -0.4 is 5.32 Å². The summed E-state index contributed by atoms with van der Waals surface area (Å²) in [4.78, 5) is 11.6. The van der Waals surface area contributed by atoms with Crippen molar-refractivity contribution in [3.63, 3.8) is 0 Å². The second-order valence-corrected chi connectivity index (χ2v) is 5.15. The van der Waals surface area contributed by atoms with Gasteiger partial charge in [-0.15, -0.1) is 0 Å². The summed E-state index contributed by atoms with van der Waals surface area (Å²) in [6.07, 6.45) is -0.426. The molecule has 0 aliphatic heterocycles. The normalized spacial score (nSPS) is 11.4. The molecule has 94 valence electrons. The first-order valence-corrected chi connectivity index (χ1v) is 5.94. The number of carbonyl (C=O) groups excluding carboxylic acids is 1. The molecule has 0 heterocycles. The first-order valence-electron chi connectivity index (χ1n) is 5.57. The van der Waals surface area contributed by atoms with E-state index in [2.05, 4.69) is 5.32 Å². The Hall–Kier alpha value is -1.22. The average molecular weight is 256 g/mol. The Labute approximate surface area is 107 Å². The first kappa shape index (κ1) is 13.8. The van der Waals surface area contributed by atoms with Crippen LogP contribution in [-0.4, -0.2) is 12.1 Å². The topological polar surface area (TPSA) is 38.3 Å². The van der Waals surface area contributed by atoms with Gasteiger partial charge in [-0.1, -0.05) is 23.7 Å². The molecule has 4 heteroatoms. The van der Waals surface area contributed by atoms with Gasteiger partial charge in [0.2, 0.25) is 0 Å². The lowest BCUT2D eigenvalue weighted by Gasteiger charge is -2.26. The van der Waals surface area contributed by atoms with Crippen molar-refractivity contribution in [3.05, 3.63) is 34.9 Å². The molecule has 0 spiro atoms. The number of rotatable bonds is 3. The van der Waals surface area contributed by atoms with Gasteiger partial charge in [0.25, 0.3) is 0 Å². The van der Waals surface area contributed by atoms with Gasteiger partial charge in [-0.3, -0.25) is 0 Å². The summed E-state index contributed by atoms with van der Waals surface area (Å²) in [7, 11) is 0. The molecule has 0 radical (unpaired) electrons. The molecule has 1 aromatic rings. The zero-order valence-corrected chi connectivity index (χ0v) is 11.3. The Morgan fingerprint density at radius 2 is 2.06 bits per heavy atom. The van der Waals surface area contributed by atoms with Gasteiger partial charge in [-0.05, 0) is 45.4 Å². The van der Waals surface area contributed by atoms with Crippen LogP contribution in [0.4, 0.5) is 4.79 Å². The van der Waals surface area contributed by atoms with Crippen molar-refractivity contribution in [1.29, 1.82) is 0 Å². The number of carbonyl (C=O) groups is 1. The summed E-state index contributed by atoms with van der Waals surface area (Å²) in [6, 6.07) is 7.36. The van der Waals surface area contributed by atoms with E-state index >= 15 is 0 Å². The lowest BCUT2D eigenvalue weighted by atomic mass is 9.98. The molecular formula is C13H18ClNO2. The lowest BCUT2D eigenvalue weighted by Crippen LogP contribution is -2.36. The third-order valence-corrected chi connectivity index (χ3v) is 2.51. The summed E-state index contributed by atoms with van der Waals surface area (Å²) < 4.78 is 5.38. The number of hydrogen-bond donors (Lipinski definition) is 1. The SMILES string of the molecule is CC(C)NC(=O)OC(C)(C)c1cccc(Cl)c1. The van der Waals surface area contributed by atoms with Crippen LogP contribution in [0.5, 0.6) is 0 Å². The van der Waals surface area contributed by atoms with E-state index in [4.69, 9.17) is 16.3 Å². The van der Waals surface area contributed by atoms with E-state index in [0.717, 1.165) is 5.56 Å². The minimum Gasteiger partial charge on any atom is -0.439 e. The quantitative estimate of drug-likeness (QED) is 0.894. The van der Waals surface area contributed by atoms with Crippen molar-refractivity contribution in [2.45, 2.75) is 39.3 Å². The molecule has 1 N–H and O–H groups in total. The highest BCUT2D eigenvalue weighted by Crippen LogP contribution is 2.26. The van der Waals surface area contributed by atoms with Crippen LogP contribution in [0.2, 0.25) is 5.02 Å². The lowest BCUT2D eigenvalue weighted by molar-refractivity contribution is 0.0351. The van der Waals surface area contributed by atoms with Crippen molar-refractivity contribution in [2.24, 2.45) is 0 Å². The fraction of sp³-hybridized carbons (Fsp3) is 0.462. The molecule has 1 aromatic carbocycles. The third kappa shape index (κ3) is 4.27. The number of hydrogen-bond acceptors (Lipinski definition) is 2. The Kier molecular flexibility index (Phi) is 4.40. The molecule has 0 aromatic heterocycles. The fourth-order valence-electron chi connectivity index (χ4n) is 1.42.